The van der Waals surface area contributed by atoms with Crippen molar-refractivity contribution >= 4 is 63.2 Å². The highest BCUT2D eigenvalue weighted by atomic mass is 32.2. The Morgan fingerprint density at radius 2 is 2.04 bits per heavy atom. The number of nitrogens with one attached hydrogen (secondary N) is 1. The van der Waals surface area contributed by atoms with Gasteiger partial charge in [-0.3, -0.25) is 14.5 Å². The topological polar surface area (TPSA) is 49.4 Å². The molecule has 0 aliphatic carbocycles. The molecule has 1 N–H and O–H groups in total. The molecular formula is C18H15FN2O2S3. The van der Waals surface area contributed by atoms with Crippen molar-refractivity contribution < 1.29 is 14.0 Å². The molecule has 1 aromatic carbocycles. The molecule has 0 atom stereocenters. The number of thiocarbonyl (C=S) groups is 1. The van der Waals surface area contributed by atoms with Crippen LogP contribution < -0.4 is 5.32 Å². The fourth-order valence-electron chi connectivity index (χ4n) is 2.35. The van der Waals surface area contributed by atoms with E-state index < -0.39 is 0 Å². The SMILES string of the molecule is O=C(CCCN1C(=O)/C(=C/c2cccs2)SC1=S)Nc1ccc(F)cc1. The summed E-state index contributed by atoms with van der Waals surface area (Å²) in [6.07, 6.45) is 2.58. The maximum atomic E-state index is 12.9. The lowest BCUT2D eigenvalue weighted by molar-refractivity contribution is -0.122. The normalized spacial score (nSPS) is 15.7. The van der Waals surface area contributed by atoms with E-state index in [1.165, 1.54) is 40.9 Å². The first-order chi connectivity index (χ1) is 12.5. The van der Waals surface area contributed by atoms with E-state index in [1.54, 1.807) is 11.3 Å². The van der Waals surface area contributed by atoms with Gasteiger partial charge in [-0.15, -0.1) is 11.3 Å². The molecule has 0 bridgehead atoms. The number of benzene rings is 1. The van der Waals surface area contributed by atoms with Crippen molar-refractivity contribution in [1.29, 1.82) is 0 Å². The van der Waals surface area contributed by atoms with Crippen LogP contribution >= 0.6 is 35.3 Å². The molecule has 0 unspecified atom stereocenters. The Balaban J connectivity index is 1.50. The predicted molar refractivity (Wildman–Crippen MR) is 108 cm³/mol. The number of amides is 2. The number of hydrogen-bond acceptors (Lipinski definition) is 5. The summed E-state index contributed by atoms with van der Waals surface area (Å²) in [6, 6.07) is 9.45. The number of carbonyl (C=O) groups excluding carboxylic acids is 2. The molecule has 1 aliphatic heterocycles. The van der Waals surface area contributed by atoms with Gasteiger partial charge in [-0.05, 0) is 48.2 Å². The minimum Gasteiger partial charge on any atom is -0.326 e. The van der Waals surface area contributed by atoms with Gasteiger partial charge in [-0.25, -0.2) is 4.39 Å². The number of thioether (sulfide) groups is 1. The average molecular weight is 407 g/mol. The zero-order valence-corrected chi connectivity index (χ0v) is 16.1. The Kier molecular flexibility index (Phi) is 6.18. The molecule has 1 saturated heterocycles. The fraction of sp³-hybridized carbons (Fsp3) is 0.167. The second kappa shape index (κ2) is 8.57. The maximum absolute atomic E-state index is 12.9. The molecule has 3 rings (SSSR count). The van der Waals surface area contributed by atoms with Gasteiger partial charge >= 0.3 is 0 Å². The fourth-order valence-corrected chi connectivity index (χ4v) is 4.38. The van der Waals surface area contributed by atoms with Crippen molar-refractivity contribution in [3.05, 3.63) is 57.4 Å². The van der Waals surface area contributed by atoms with Gasteiger partial charge in [-0.1, -0.05) is 30.0 Å². The Morgan fingerprint density at radius 1 is 1.27 bits per heavy atom. The van der Waals surface area contributed by atoms with E-state index in [2.05, 4.69) is 5.32 Å². The van der Waals surface area contributed by atoms with Gasteiger partial charge in [-0.2, -0.15) is 0 Å². The summed E-state index contributed by atoms with van der Waals surface area (Å²) in [5.74, 6) is -0.656. The molecule has 4 nitrogen and oxygen atoms in total. The van der Waals surface area contributed by atoms with Gasteiger partial charge < -0.3 is 5.32 Å². The summed E-state index contributed by atoms with van der Waals surface area (Å²) < 4.78 is 13.4. The van der Waals surface area contributed by atoms with E-state index in [4.69, 9.17) is 12.2 Å². The van der Waals surface area contributed by atoms with Crippen LogP contribution in [0.2, 0.25) is 0 Å². The molecule has 2 aromatic rings. The van der Waals surface area contributed by atoms with Crippen LogP contribution in [0.4, 0.5) is 10.1 Å². The van der Waals surface area contributed by atoms with Crippen LogP contribution in [0.3, 0.4) is 0 Å². The molecule has 2 heterocycles. The molecule has 0 radical (unpaired) electrons. The van der Waals surface area contributed by atoms with E-state index >= 15 is 0 Å². The van der Waals surface area contributed by atoms with E-state index in [-0.39, 0.29) is 24.1 Å². The van der Waals surface area contributed by atoms with E-state index in [9.17, 15) is 14.0 Å². The van der Waals surface area contributed by atoms with Gasteiger partial charge in [0, 0.05) is 23.5 Å². The number of rotatable bonds is 6. The monoisotopic (exact) mass is 406 g/mol. The van der Waals surface area contributed by atoms with Crippen molar-refractivity contribution in [2.75, 3.05) is 11.9 Å². The first kappa shape index (κ1) is 18.8. The molecule has 1 aliphatic rings. The highest BCUT2D eigenvalue weighted by Gasteiger charge is 2.31. The van der Waals surface area contributed by atoms with Gasteiger partial charge in [0.2, 0.25) is 5.91 Å². The summed E-state index contributed by atoms with van der Waals surface area (Å²) in [7, 11) is 0. The number of halogens is 1. The summed E-state index contributed by atoms with van der Waals surface area (Å²) in [6.45, 7) is 0.392. The van der Waals surface area contributed by atoms with Crippen LogP contribution in [0.1, 0.15) is 17.7 Å². The van der Waals surface area contributed by atoms with Gasteiger partial charge in [0.05, 0.1) is 4.91 Å². The van der Waals surface area contributed by atoms with E-state index in [1.807, 2.05) is 23.6 Å². The molecule has 2 amide bonds. The number of hydrogen-bond donors (Lipinski definition) is 1. The predicted octanol–water partition coefficient (Wildman–Crippen LogP) is 4.51. The largest absolute Gasteiger partial charge is 0.326 e. The average Bonchev–Trinajstić information content (AvgIpc) is 3.21. The summed E-state index contributed by atoms with van der Waals surface area (Å²) >= 11 is 8.12. The second-order valence-corrected chi connectivity index (χ2v) is 8.16. The van der Waals surface area contributed by atoms with Gasteiger partial charge in [0.15, 0.2) is 0 Å². The van der Waals surface area contributed by atoms with Crippen molar-refractivity contribution in [2.45, 2.75) is 12.8 Å². The van der Waals surface area contributed by atoms with E-state index in [0.29, 0.717) is 27.9 Å². The Labute approximate surface area is 164 Å². The highest BCUT2D eigenvalue weighted by Crippen LogP contribution is 2.33. The minimum atomic E-state index is -0.354. The summed E-state index contributed by atoms with van der Waals surface area (Å²) in [5.41, 5.74) is 0.542. The molecule has 134 valence electrons. The Morgan fingerprint density at radius 3 is 2.73 bits per heavy atom. The van der Waals surface area contributed by atoms with Crippen LogP contribution in [0.25, 0.3) is 6.08 Å². The molecule has 0 saturated carbocycles. The lowest BCUT2D eigenvalue weighted by Gasteiger charge is -2.14. The summed E-state index contributed by atoms with van der Waals surface area (Å²) in [5, 5.41) is 4.65. The third-order valence-electron chi connectivity index (χ3n) is 3.60. The van der Waals surface area contributed by atoms with Crippen molar-refractivity contribution in [3.63, 3.8) is 0 Å². The number of anilines is 1. The molecule has 8 heteroatoms. The highest BCUT2D eigenvalue weighted by molar-refractivity contribution is 8.26. The molecule has 1 fully saturated rings. The first-order valence-corrected chi connectivity index (χ1v) is 9.97. The zero-order valence-electron chi connectivity index (χ0n) is 13.6. The summed E-state index contributed by atoms with van der Waals surface area (Å²) in [4.78, 5) is 27.6. The van der Waals surface area contributed by atoms with Gasteiger partial charge in [0.1, 0.15) is 10.1 Å². The van der Waals surface area contributed by atoms with Crippen LogP contribution in [0.5, 0.6) is 0 Å². The van der Waals surface area contributed by atoms with Crippen LogP contribution in [-0.2, 0) is 9.59 Å². The molecular weight excluding hydrogens is 391 g/mol. The third kappa shape index (κ3) is 4.78. The number of nitrogens with zero attached hydrogens (tertiary/aromatic N) is 1. The minimum absolute atomic E-state index is 0.118. The van der Waals surface area contributed by atoms with Crippen LogP contribution in [0.15, 0.2) is 46.7 Å². The maximum Gasteiger partial charge on any atom is 0.266 e. The second-order valence-electron chi connectivity index (χ2n) is 5.51. The quantitative estimate of drug-likeness (QED) is 0.567. The molecule has 0 spiro atoms. The first-order valence-electron chi connectivity index (χ1n) is 7.87. The molecule has 26 heavy (non-hydrogen) atoms. The van der Waals surface area contributed by atoms with Gasteiger partial charge in [0.25, 0.3) is 5.91 Å². The smallest absolute Gasteiger partial charge is 0.266 e. The standard InChI is InChI=1S/C18H15FN2O2S3/c19-12-5-7-13(8-6-12)20-16(22)4-1-9-21-17(23)15(26-18(21)24)11-14-3-2-10-25-14/h2-3,5-8,10-11H,1,4,9H2,(H,20,22)/b15-11-. The van der Waals surface area contributed by atoms with Crippen molar-refractivity contribution in [2.24, 2.45) is 0 Å². The van der Waals surface area contributed by atoms with Crippen LogP contribution in [-0.4, -0.2) is 27.6 Å². The number of thiophene rings is 1. The zero-order chi connectivity index (χ0) is 18.5. The lowest BCUT2D eigenvalue weighted by atomic mass is 10.2. The Bertz CT molecular complexity index is 848. The van der Waals surface area contributed by atoms with Crippen molar-refractivity contribution in [1.82, 2.24) is 4.90 Å². The lowest BCUT2D eigenvalue weighted by Crippen LogP contribution is -2.29. The number of carbonyl (C=O) groups is 2. The Hall–Kier alpha value is -2.03. The van der Waals surface area contributed by atoms with E-state index in [0.717, 1.165) is 4.88 Å². The molecule has 1 aromatic heterocycles. The van der Waals surface area contributed by atoms with Crippen LogP contribution in [0, 0.1) is 5.82 Å². The van der Waals surface area contributed by atoms with Crippen molar-refractivity contribution in [3.8, 4) is 0 Å². The third-order valence-corrected chi connectivity index (χ3v) is 5.80.